The molecule has 0 atom stereocenters. The molecule has 0 saturated heterocycles. The van der Waals surface area contributed by atoms with Crippen LogP contribution in [0.3, 0.4) is 0 Å². The Morgan fingerprint density at radius 2 is 1.93 bits per heavy atom. The van der Waals surface area contributed by atoms with Crippen LogP contribution in [0.4, 0.5) is 4.39 Å². The van der Waals surface area contributed by atoms with Crippen molar-refractivity contribution in [1.29, 1.82) is 0 Å². The highest BCUT2D eigenvalue weighted by Gasteiger charge is 2.13. The SMILES string of the molecule is COc1cccc(-c2nnc(CCNS(=O)(=O)Cc3ccc(F)cc3)o2)c1. The Labute approximate surface area is 156 Å². The molecule has 3 rings (SSSR count). The van der Waals surface area contributed by atoms with E-state index in [1.807, 2.05) is 12.1 Å². The fourth-order valence-corrected chi connectivity index (χ4v) is 3.54. The Balaban J connectivity index is 1.56. The van der Waals surface area contributed by atoms with E-state index in [0.29, 0.717) is 28.7 Å². The fraction of sp³-hybridized carbons (Fsp3) is 0.222. The molecule has 0 fully saturated rings. The van der Waals surface area contributed by atoms with Crippen molar-refractivity contribution in [2.75, 3.05) is 13.7 Å². The van der Waals surface area contributed by atoms with Gasteiger partial charge in [-0.1, -0.05) is 18.2 Å². The molecule has 3 aromatic rings. The molecule has 7 nitrogen and oxygen atoms in total. The van der Waals surface area contributed by atoms with Crippen molar-refractivity contribution >= 4 is 10.0 Å². The molecular formula is C18H18FN3O4S. The van der Waals surface area contributed by atoms with E-state index in [2.05, 4.69) is 14.9 Å². The maximum Gasteiger partial charge on any atom is 0.247 e. The van der Waals surface area contributed by atoms with Crippen LogP contribution in [0.15, 0.2) is 52.9 Å². The number of rotatable bonds is 8. The maximum absolute atomic E-state index is 12.9. The molecule has 0 aliphatic rings. The molecule has 27 heavy (non-hydrogen) atoms. The van der Waals surface area contributed by atoms with Crippen LogP contribution in [0, 0.1) is 5.82 Å². The van der Waals surface area contributed by atoms with Gasteiger partial charge in [-0.25, -0.2) is 17.5 Å². The maximum atomic E-state index is 12.9. The monoisotopic (exact) mass is 391 g/mol. The summed E-state index contributed by atoms with van der Waals surface area (Å²) < 4.78 is 50.2. The highest BCUT2D eigenvalue weighted by molar-refractivity contribution is 7.88. The first-order chi connectivity index (χ1) is 12.9. The van der Waals surface area contributed by atoms with Gasteiger partial charge in [-0.3, -0.25) is 0 Å². The minimum absolute atomic E-state index is 0.114. The Hall–Kier alpha value is -2.78. The van der Waals surface area contributed by atoms with E-state index in [-0.39, 0.29) is 18.7 Å². The molecule has 0 unspecified atom stereocenters. The molecule has 0 saturated carbocycles. The number of nitrogens with zero attached hydrogens (tertiary/aromatic N) is 2. The molecule has 0 aliphatic carbocycles. The Morgan fingerprint density at radius 1 is 1.15 bits per heavy atom. The summed E-state index contributed by atoms with van der Waals surface area (Å²) in [6.07, 6.45) is 0.250. The molecule has 1 aromatic heterocycles. The summed E-state index contributed by atoms with van der Waals surface area (Å²) in [6, 6.07) is 12.5. The van der Waals surface area contributed by atoms with Crippen molar-refractivity contribution in [3.8, 4) is 17.2 Å². The first kappa shape index (κ1) is 19.0. The van der Waals surface area contributed by atoms with E-state index in [9.17, 15) is 12.8 Å². The number of methoxy groups -OCH3 is 1. The standard InChI is InChI=1S/C18H18FN3O4S/c1-25-16-4-2-3-14(11-16)18-22-21-17(26-18)9-10-20-27(23,24)12-13-5-7-15(19)8-6-13/h2-8,11,20H,9-10,12H2,1H3. The highest BCUT2D eigenvalue weighted by Crippen LogP contribution is 2.22. The van der Waals surface area contributed by atoms with Crippen LogP contribution >= 0.6 is 0 Å². The van der Waals surface area contributed by atoms with Crippen LogP contribution in [0.5, 0.6) is 5.75 Å². The molecule has 0 radical (unpaired) electrons. The van der Waals surface area contributed by atoms with E-state index in [1.165, 1.54) is 24.3 Å². The molecule has 1 N–H and O–H groups in total. The zero-order valence-corrected chi connectivity index (χ0v) is 15.4. The van der Waals surface area contributed by atoms with Crippen LogP contribution in [0.1, 0.15) is 11.5 Å². The van der Waals surface area contributed by atoms with E-state index >= 15 is 0 Å². The zero-order chi connectivity index (χ0) is 19.3. The second-order valence-electron chi connectivity index (χ2n) is 5.76. The minimum Gasteiger partial charge on any atom is -0.497 e. The Bertz CT molecular complexity index is 1000. The van der Waals surface area contributed by atoms with Gasteiger partial charge < -0.3 is 9.15 Å². The predicted molar refractivity (Wildman–Crippen MR) is 97.0 cm³/mol. The van der Waals surface area contributed by atoms with Gasteiger partial charge in [-0.15, -0.1) is 10.2 Å². The van der Waals surface area contributed by atoms with Gasteiger partial charge in [0.1, 0.15) is 11.6 Å². The summed E-state index contributed by atoms with van der Waals surface area (Å²) in [5, 5.41) is 7.90. The number of aromatic nitrogens is 2. The van der Waals surface area contributed by atoms with E-state index in [4.69, 9.17) is 9.15 Å². The summed E-state index contributed by atoms with van der Waals surface area (Å²) >= 11 is 0. The van der Waals surface area contributed by atoms with Crippen LogP contribution < -0.4 is 9.46 Å². The fourth-order valence-electron chi connectivity index (χ4n) is 2.39. The van der Waals surface area contributed by atoms with E-state index < -0.39 is 15.8 Å². The van der Waals surface area contributed by atoms with E-state index in [1.54, 1.807) is 19.2 Å². The number of ether oxygens (including phenoxy) is 1. The van der Waals surface area contributed by atoms with Crippen molar-refractivity contribution in [3.05, 3.63) is 65.8 Å². The number of hydrogen-bond donors (Lipinski definition) is 1. The largest absolute Gasteiger partial charge is 0.497 e. The van der Waals surface area contributed by atoms with Crippen LogP contribution in [-0.2, 0) is 22.2 Å². The van der Waals surface area contributed by atoms with Crippen molar-refractivity contribution in [1.82, 2.24) is 14.9 Å². The van der Waals surface area contributed by atoms with Gasteiger partial charge in [0.2, 0.25) is 21.8 Å². The number of nitrogens with one attached hydrogen (secondary N) is 1. The normalized spacial score (nSPS) is 11.5. The van der Waals surface area contributed by atoms with E-state index in [0.717, 1.165) is 0 Å². The van der Waals surface area contributed by atoms with Crippen LogP contribution in [-0.4, -0.2) is 32.3 Å². The number of hydrogen-bond acceptors (Lipinski definition) is 6. The summed E-state index contributed by atoms with van der Waals surface area (Å²) in [5.41, 5.74) is 1.21. The molecule has 0 aliphatic heterocycles. The average Bonchev–Trinajstić information content (AvgIpc) is 3.12. The quantitative estimate of drug-likeness (QED) is 0.634. The molecule has 2 aromatic carbocycles. The Kier molecular flexibility index (Phi) is 5.82. The van der Waals surface area contributed by atoms with Gasteiger partial charge in [0.15, 0.2) is 0 Å². The molecule has 1 heterocycles. The number of benzene rings is 2. The third kappa shape index (κ3) is 5.35. The zero-order valence-electron chi connectivity index (χ0n) is 14.6. The lowest BCUT2D eigenvalue weighted by Gasteiger charge is -2.05. The van der Waals surface area contributed by atoms with Crippen molar-refractivity contribution < 1.29 is 22.0 Å². The van der Waals surface area contributed by atoms with Crippen LogP contribution in [0.25, 0.3) is 11.5 Å². The second-order valence-corrected chi connectivity index (χ2v) is 7.57. The lowest BCUT2D eigenvalue weighted by molar-refractivity contribution is 0.414. The summed E-state index contributed by atoms with van der Waals surface area (Å²) in [6.45, 7) is 0.114. The van der Waals surface area contributed by atoms with Gasteiger partial charge in [-0.2, -0.15) is 0 Å². The average molecular weight is 391 g/mol. The van der Waals surface area contributed by atoms with Gasteiger partial charge in [0, 0.05) is 18.5 Å². The lowest BCUT2D eigenvalue weighted by Crippen LogP contribution is -2.27. The van der Waals surface area contributed by atoms with Crippen molar-refractivity contribution in [2.24, 2.45) is 0 Å². The number of halogens is 1. The van der Waals surface area contributed by atoms with Gasteiger partial charge in [-0.05, 0) is 35.9 Å². The third-order valence-corrected chi connectivity index (χ3v) is 5.07. The molecule has 0 amide bonds. The summed E-state index contributed by atoms with van der Waals surface area (Å²) in [7, 11) is -1.98. The van der Waals surface area contributed by atoms with Crippen LogP contribution in [0.2, 0.25) is 0 Å². The first-order valence-electron chi connectivity index (χ1n) is 8.14. The molecule has 9 heteroatoms. The highest BCUT2D eigenvalue weighted by atomic mass is 32.2. The lowest BCUT2D eigenvalue weighted by atomic mass is 10.2. The molecule has 0 spiro atoms. The topological polar surface area (TPSA) is 94.3 Å². The third-order valence-electron chi connectivity index (χ3n) is 3.71. The summed E-state index contributed by atoms with van der Waals surface area (Å²) in [5.74, 6) is 0.676. The van der Waals surface area contributed by atoms with Gasteiger partial charge >= 0.3 is 0 Å². The van der Waals surface area contributed by atoms with Gasteiger partial charge in [0.05, 0.1) is 12.9 Å². The van der Waals surface area contributed by atoms with Gasteiger partial charge in [0.25, 0.3) is 0 Å². The smallest absolute Gasteiger partial charge is 0.247 e. The second kappa shape index (κ2) is 8.28. The molecule has 0 bridgehead atoms. The summed E-state index contributed by atoms with van der Waals surface area (Å²) in [4.78, 5) is 0. The predicted octanol–water partition coefficient (Wildman–Crippen LogP) is 2.55. The minimum atomic E-state index is -3.55. The first-order valence-corrected chi connectivity index (χ1v) is 9.79. The number of sulfonamides is 1. The molecule has 142 valence electrons. The Morgan fingerprint density at radius 3 is 2.67 bits per heavy atom. The van der Waals surface area contributed by atoms with Crippen molar-refractivity contribution in [2.45, 2.75) is 12.2 Å². The molecular weight excluding hydrogens is 373 g/mol. The van der Waals surface area contributed by atoms with Crippen molar-refractivity contribution in [3.63, 3.8) is 0 Å².